The summed E-state index contributed by atoms with van der Waals surface area (Å²) in [7, 11) is 0. The highest BCUT2D eigenvalue weighted by Gasteiger charge is 2.01. The predicted octanol–water partition coefficient (Wildman–Crippen LogP) is 1.19. The molecular weight excluding hydrogens is 153 g/mol. The molecule has 1 heterocycles. The summed E-state index contributed by atoms with van der Waals surface area (Å²) in [6, 6.07) is 7.19. The topological polar surface area (TPSA) is 4.93 Å². The number of hydrogen-bond acceptors (Lipinski definition) is 0. The van der Waals surface area contributed by atoms with Crippen LogP contribution in [0, 0.1) is 0 Å². The van der Waals surface area contributed by atoms with E-state index in [1.54, 1.807) is 12.1 Å². The van der Waals surface area contributed by atoms with Gasteiger partial charge in [0.25, 0.3) is 0 Å². The van der Waals surface area contributed by atoms with Crippen LogP contribution in [0.25, 0.3) is 24.1 Å². The van der Waals surface area contributed by atoms with Crippen LogP contribution in [0.4, 0.5) is 4.48 Å². The van der Waals surface area contributed by atoms with E-state index in [0.29, 0.717) is 20.9 Å². The van der Waals surface area contributed by atoms with Crippen molar-refractivity contribution in [2.24, 2.45) is 0 Å². The third-order valence-electron chi connectivity index (χ3n) is 2.03. The quantitative estimate of drug-likeness (QED) is 0.547. The minimum Gasteiger partial charge on any atom is -0.179 e. The fourth-order valence-corrected chi connectivity index (χ4v) is 1.32. The summed E-state index contributed by atoms with van der Waals surface area (Å²) in [5.74, 6) is 0. The van der Waals surface area contributed by atoms with Crippen LogP contribution in [0.2, 0.25) is 0 Å². The molecule has 0 bridgehead atoms. The fourth-order valence-electron chi connectivity index (χ4n) is 1.32. The van der Waals surface area contributed by atoms with Gasteiger partial charge in [0.15, 0.2) is 0 Å². The average molecular weight is 161 g/mol. The lowest BCUT2D eigenvalue weighted by atomic mass is 10.2. The van der Waals surface area contributed by atoms with Crippen LogP contribution in [0.5, 0.6) is 0 Å². The second-order valence-electron chi connectivity index (χ2n) is 2.72. The van der Waals surface area contributed by atoms with E-state index < -0.39 is 0 Å². The maximum absolute atomic E-state index is 13.2. The van der Waals surface area contributed by atoms with Gasteiger partial charge in [0.1, 0.15) is 0 Å². The molecule has 2 heteroatoms. The van der Waals surface area contributed by atoms with Gasteiger partial charge in [0.2, 0.25) is 0 Å². The van der Waals surface area contributed by atoms with E-state index in [1.807, 2.05) is 12.1 Å². The highest BCUT2D eigenvalue weighted by atomic mass is 19.2. The first-order valence-electron chi connectivity index (χ1n) is 3.65. The van der Waals surface area contributed by atoms with Crippen molar-refractivity contribution >= 4 is 24.1 Å². The fraction of sp³-hybridized carbons (Fsp3) is 0. The van der Waals surface area contributed by atoms with E-state index in [0.717, 1.165) is 5.39 Å². The van der Waals surface area contributed by atoms with Crippen molar-refractivity contribution < 1.29 is 4.48 Å². The van der Waals surface area contributed by atoms with Gasteiger partial charge < -0.3 is 0 Å². The summed E-state index contributed by atoms with van der Waals surface area (Å²) >= 11 is 0. The van der Waals surface area contributed by atoms with Crippen LogP contribution in [0.1, 0.15) is 0 Å². The molecule has 60 valence electrons. The SMILES string of the molecule is C=c1c(=C)n(F)c2ccccc12. The summed E-state index contributed by atoms with van der Waals surface area (Å²) in [6.45, 7) is 7.33. The molecule has 2 rings (SSSR count). The standard InChI is InChI=1S/C10H8FN/c1-7-8(2)12(11)10-6-4-3-5-9(7)10/h3-6H,1-2H2. The molecule has 2 aromatic rings. The molecule has 0 saturated carbocycles. The highest BCUT2D eigenvalue weighted by Crippen LogP contribution is 2.06. The van der Waals surface area contributed by atoms with Gasteiger partial charge in [-0.05, 0) is 6.07 Å². The molecule has 1 nitrogen and oxygen atoms in total. The van der Waals surface area contributed by atoms with Gasteiger partial charge in [0, 0.05) is 10.6 Å². The van der Waals surface area contributed by atoms with Gasteiger partial charge in [-0.1, -0.05) is 35.8 Å². The van der Waals surface area contributed by atoms with Crippen molar-refractivity contribution in [3.63, 3.8) is 0 Å². The molecular formula is C10H8FN. The number of rotatable bonds is 0. The minimum absolute atomic E-state index is 0.330. The molecule has 1 aromatic heterocycles. The van der Waals surface area contributed by atoms with E-state index in [2.05, 4.69) is 13.2 Å². The van der Waals surface area contributed by atoms with E-state index in [4.69, 9.17) is 0 Å². The molecule has 0 aliphatic carbocycles. The number of benzene rings is 1. The predicted molar refractivity (Wildman–Crippen MR) is 48.7 cm³/mol. The molecule has 12 heavy (non-hydrogen) atoms. The zero-order valence-electron chi connectivity index (χ0n) is 6.55. The Kier molecular flexibility index (Phi) is 1.30. The van der Waals surface area contributed by atoms with Crippen LogP contribution in [-0.2, 0) is 0 Å². The summed E-state index contributed by atoms with van der Waals surface area (Å²) in [5, 5.41) is 1.81. The maximum atomic E-state index is 13.2. The third-order valence-corrected chi connectivity index (χ3v) is 2.03. The van der Waals surface area contributed by atoms with E-state index >= 15 is 0 Å². The molecule has 0 unspecified atom stereocenters. The number of hydrogen-bond donors (Lipinski definition) is 0. The largest absolute Gasteiger partial charge is 0.179 e. The Morgan fingerprint density at radius 2 is 1.83 bits per heavy atom. The minimum atomic E-state index is 0.330. The number of para-hydroxylation sites is 1. The summed E-state index contributed by atoms with van der Waals surface area (Å²) in [6.07, 6.45) is 0. The number of aromatic nitrogens is 1. The van der Waals surface area contributed by atoms with Crippen LogP contribution < -0.4 is 10.6 Å². The Hall–Kier alpha value is -1.57. The van der Waals surface area contributed by atoms with E-state index in [1.165, 1.54) is 0 Å². The van der Waals surface area contributed by atoms with Gasteiger partial charge in [-0.2, -0.15) is 4.79 Å². The summed E-state index contributed by atoms with van der Waals surface area (Å²) in [4.78, 5) is 0.567. The van der Waals surface area contributed by atoms with Gasteiger partial charge >= 0.3 is 0 Å². The van der Waals surface area contributed by atoms with Crippen LogP contribution in [0.15, 0.2) is 24.3 Å². The van der Waals surface area contributed by atoms with Crippen LogP contribution >= 0.6 is 0 Å². The van der Waals surface area contributed by atoms with Crippen LogP contribution in [-0.4, -0.2) is 4.79 Å². The number of nitrogens with zero attached hydrogens (tertiary/aromatic N) is 1. The lowest BCUT2D eigenvalue weighted by molar-refractivity contribution is 0.376. The van der Waals surface area contributed by atoms with E-state index in [9.17, 15) is 4.48 Å². The normalized spacial score (nSPS) is 10.8. The lowest BCUT2D eigenvalue weighted by Gasteiger charge is -1.88. The molecule has 0 N–H and O–H groups in total. The molecule has 0 saturated heterocycles. The zero-order valence-corrected chi connectivity index (χ0v) is 6.55. The van der Waals surface area contributed by atoms with Crippen molar-refractivity contribution in [1.82, 2.24) is 4.79 Å². The second-order valence-corrected chi connectivity index (χ2v) is 2.72. The van der Waals surface area contributed by atoms with Gasteiger partial charge in [-0.3, -0.25) is 0 Å². The first kappa shape index (κ1) is 7.10. The maximum Gasteiger partial charge on any atom is 0.0825 e. The Morgan fingerprint density at radius 1 is 1.17 bits per heavy atom. The van der Waals surface area contributed by atoms with E-state index in [-0.39, 0.29) is 0 Å². The van der Waals surface area contributed by atoms with Gasteiger partial charge in [0.05, 0.1) is 10.9 Å². The average Bonchev–Trinajstić information content (AvgIpc) is 2.33. The molecule has 0 aliphatic heterocycles. The van der Waals surface area contributed by atoms with Crippen molar-refractivity contribution in [2.45, 2.75) is 0 Å². The smallest absolute Gasteiger partial charge is 0.0825 e. The van der Waals surface area contributed by atoms with Gasteiger partial charge in [-0.25, -0.2) is 0 Å². The van der Waals surface area contributed by atoms with Crippen molar-refractivity contribution in [1.29, 1.82) is 0 Å². The van der Waals surface area contributed by atoms with Crippen molar-refractivity contribution in [2.75, 3.05) is 0 Å². The molecule has 1 aromatic carbocycles. The molecule has 0 fully saturated rings. The molecule has 0 amide bonds. The molecule has 0 aliphatic rings. The van der Waals surface area contributed by atoms with Crippen molar-refractivity contribution in [3.05, 3.63) is 34.8 Å². The Morgan fingerprint density at radius 3 is 2.50 bits per heavy atom. The third kappa shape index (κ3) is 0.720. The lowest BCUT2D eigenvalue weighted by Crippen LogP contribution is -2.22. The Labute approximate surface area is 69.0 Å². The molecule has 0 spiro atoms. The number of fused-ring (bicyclic) bond motifs is 1. The van der Waals surface area contributed by atoms with Crippen molar-refractivity contribution in [3.8, 4) is 0 Å². The Balaban J connectivity index is 3.21. The number of halogens is 1. The summed E-state index contributed by atoms with van der Waals surface area (Å²) in [5.41, 5.74) is 0.535. The van der Waals surface area contributed by atoms with Crippen LogP contribution in [0.3, 0.4) is 0 Å². The zero-order chi connectivity index (χ0) is 8.72. The molecule has 0 radical (unpaired) electrons. The Bertz CT molecular complexity index is 524. The second kappa shape index (κ2) is 2.21. The first-order chi connectivity index (χ1) is 5.72. The monoisotopic (exact) mass is 161 g/mol. The highest BCUT2D eigenvalue weighted by molar-refractivity contribution is 5.80. The van der Waals surface area contributed by atoms with Gasteiger partial charge in [-0.15, -0.1) is 0 Å². The first-order valence-corrected chi connectivity index (χ1v) is 3.65. The summed E-state index contributed by atoms with van der Waals surface area (Å²) < 4.78 is 13.2. The molecule has 0 atom stereocenters.